The molecule has 6 rings (SSSR count). The van der Waals surface area contributed by atoms with Crippen LogP contribution in [0.5, 0.6) is 0 Å². The molecule has 0 bridgehead atoms. The molecule has 1 aromatic carbocycles. The van der Waals surface area contributed by atoms with Crippen LogP contribution in [0.3, 0.4) is 0 Å². The van der Waals surface area contributed by atoms with Gasteiger partial charge in [0.25, 0.3) is 0 Å². The number of alkyl halides is 4. The fraction of sp³-hybridized carbons (Fsp3) is 0.467. The van der Waals surface area contributed by atoms with Gasteiger partial charge in [0.05, 0.1) is 35.9 Å². The van der Waals surface area contributed by atoms with Gasteiger partial charge in [-0.2, -0.15) is 13.2 Å². The third kappa shape index (κ3) is 5.99. The zero-order valence-electron chi connectivity index (χ0n) is 23.9. The molecule has 1 aliphatic carbocycles. The van der Waals surface area contributed by atoms with Gasteiger partial charge in [-0.3, -0.25) is 0 Å². The zero-order valence-corrected chi connectivity index (χ0v) is 23.9. The van der Waals surface area contributed by atoms with Crippen molar-refractivity contribution in [1.82, 2.24) is 24.9 Å². The molecule has 228 valence electrons. The van der Waals surface area contributed by atoms with Crippen molar-refractivity contribution in [2.75, 3.05) is 50.2 Å². The van der Waals surface area contributed by atoms with Crippen molar-refractivity contribution < 1.29 is 26.7 Å². The molecular formula is C30H32F5N7O. The van der Waals surface area contributed by atoms with E-state index in [0.717, 1.165) is 31.4 Å². The summed E-state index contributed by atoms with van der Waals surface area (Å²) in [6, 6.07) is 4.05. The smallest absolute Gasteiger partial charge is 0.384 e. The van der Waals surface area contributed by atoms with E-state index in [0.29, 0.717) is 73.7 Å². The number of rotatable bonds is 8. The lowest BCUT2D eigenvalue weighted by Gasteiger charge is -2.44. The number of piperidine rings is 1. The Morgan fingerprint density at radius 3 is 2.44 bits per heavy atom. The first kappa shape index (κ1) is 29.2. The summed E-state index contributed by atoms with van der Waals surface area (Å²) < 4.78 is 74.0. The summed E-state index contributed by atoms with van der Waals surface area (Å²) in [4.78, 5) is 25.5. The predicted molar refractivity (Wildman–Crippen MR) is 153 cm³/mol. The molecule has 1 aliphatic heterocycles. The normalized spacial score (nSPS) is 17.3. The van der Waals surface area contributed by atoms with E-state index in [1.165, 1.54) is 0 Å². The van der Waals surface area contributed by atoms with E-state index in [-0.39, 0.29) is 22.3 Å². The number of nitrogens with zero attached hydrogens (tertiary/aromatic N) is 6. The van der Waals surface area contributed by atoms with Crippen LogP contribution in [0.4, 0.5) is 33.5 Å². The highest BCUT2D eigenvalue weighted by molar-refractivity contribution is 5.91. The Morgan fingerprint density at radius 2 is 1.81 bits per heavy atom. The van der Waals surface area contributed by atoms with Gasteiger partial charge >= 0.3 is 6.18 Å². The molecule has 1 saturated carbocycles. The summed E-state index contributed by atoms with van der Waals surface area (Å²) in [6.45, 7) is 2.33. The van der Waals surface area contributed by atoms with Crippen LogP contribution >= 0.6 is 0 Å². The van der Waals surface area contributed by atoms with Gasteiger partial charge in [0.1, 0.15) is 29.0 Å². The second kappa shape index (κ2) is 11.3. The Kier molecular flexibility index (Phi) is 7.69. The monoisotopic (exact) mass is 601 g/mol. The Morgan fingerprint density at radius 1 is 1.05 bits per heavy atom. The lowest BCUT2D eigenvalue weighted by atomic mass is 9.69. The van der Waals surface area contributed by atoms with Gasteiger partial charge in [-0.25, -0.2) is 28.7 Å². The van der Waals surface area contributed by atoms with Crippen LogP contribution in [-0.2, 0) is 10.9 Å². The van der Waals surface area contributed by atoms with Crippen molar-refractivity contribution in [3.63, 3.8) is 0 Å². The number of imidazole rings is 1. The van der Waals surface area contributed by atoms with Crippen LogP contribution in [0.15, 0.2) is 36.7 Å². The maximum absolute atomic E-state index is 14.4. The highest BCUT2D eigenvalue weighted by Gasteiger charge is 2.38. The minimum atomic E-state index is -4.72. The number of aromatic amines is 1. The quantitative estimate of drug-likeness (QED) is 0.233. The third-order valence-electron chi connectivity index (χ3n) is 8.44. The molecule has 8 nitrogen and oxygen atoms in total. The van der Waals surface area contributed by atoms with Crippen LogP contribution in [0, 0.1) is 11.2 Å². The second-order valence-electron chi connectivity index (χ2n) is 11.6. The Balaban J connectivity index is 1.40. The number of benzene rings is 1. The van der Waals surface area contributed by atoms with E-state index < -0.39 is 23.7 Å². The summed E-state index contributed by atoms with van der Waals surface area (Å²) in [5.41, 5.74) is 0.905. The first-order chi connectivity index (χ1) is 20.5. The minimum absolute atomic E-state index is 0.00938. The third-order valence-corrected chi connectivity index (χ3v) is 8.44. The van der Waals surface area contributed by atoms with Gasteiger partial charge < -0.3 is 19.5 Å². The van der Waals surface area contributed by atoms with Gasteiger partial charge in [-0.1, -0.05) is 6.42 Å². The van der Waals surface area contributed by atoms with Crippen LogP contribution in [-0.4, -0.2) is 71.5 Å². The molecule has 43 heavy (non-hydrogen) atoms. The van der Waals surface area contributed by atoms with Gasteiger partial charge in [0.2, 0.25) is 0 Å². The molecule has 13 heteroatoms. The fourth-order valence-corrected chi connectivity index (χ4v) is 6.05. The number of anilines is 2. The molecule has 4 heterocycles. The van der Waals surface area contributed by atoms with Crippen molar-refractivity contribution >= 4 is 22.7 Å². The highest BCUT2D eigenvalue weighted by Crippen LogP contribution is 2.43. The SMILES string of the molecule is COCC1(CN(C)c2cc(-c3cc(F)cc(C(F)(F)F)c3)nc3nc(-c4cnc(N5CCC(F)CC5)cn4)[nH]c23)CCC1. The summed E-state index contributed by atoms with van der Waals surface area (Å²) in [6.07, 6.45) is 1.62. The van der Waals surface area contributed by atoms with Crippen LogP contribution < -0.4 is 9.80 Å². The first-order valence-corrected chi connectivity index (χ1v) is 14.2. The fourth-order valence-electron chi connectivity index (χ4n) is 6.05. The van der Waals surface area contributed by atoms with Crippen molar-refractivity contribution in [1.29, 1.82) is 0 Å². The van der Waals surface area contributed by atoms with Crippen molar-refractivity contribution in [3.05, 3.63) is 48.0 Å². The van der Waals surface area contributed by atoms with Crippen LogP contribution in [0.2, 0.25) is 0 Å². The number of hydrogen-bond donors (Lipinski definition) is 1. The molecule has 1 N–H and O–H groups in total. The van der Waals surface area contributed by atoms with E-state index in [4.69, 9.17) is 4.74 Å². The van der Waals surface area contributed by atoms with Crippen molar-refractivity contribution in [3.8, 4) is 22.8 Å². The van der Waals surface area contributed by atoms with Gasteiger partial charge in [0, 0.05) is 44.8 Å². The number of H-pyrrole nitrogens is 1. The maximum atomic E-state index is 14.4. The van der Waals surface area contributed by atoms with E-state index in [1.54, 1.807) is 25.6 Å². The van der Waals surface area contributed by atoms with Gasteiger partial charge in [-0.05, 0) is 49.9 Å². The molecule has 0 spiro atoms. The Labute approximate surface area is 245 Å². The number of hydrogen-bond acceptors (Lipinski definition) is 7. The molecule has 0 atom stereocenters. The first-order valence-electron chi connectivity index (χ1n) is 14.2. The maximum Gasteiger partial charge on any atom is 0.416 e. The molecule has 1 saturated heterocycles. The van der Waals surface area contributed by atoms with Crippen molar-refractivity contribution in [2.24, 2.45) is 5.41 Å². The zero-order chi connectivity index (χ0) is 30.4. The number of pyridine rings is 1. The van der Waals surface area contributed by atoms with E-state index in [9.17, 15) is 22.0 Å². The highest BCUT2D eigenvalue weighted by atomic mass is 19.4. The average Bonchev–Trinajstić information content (AvgIpc) is 3.39. The minimum Gasteiger partial charge on any atom is -0.384 e. The average molecular weight is 602 g/mol. The molecule has 2 fully saturated rings. The Bertz CT molecular complexity index is 1600. The number of aromatic nitrogens is 5. The Hall–Kier alpha value is -3.87. The lowest BCUT2D eigenvalue weighted by molar-refractivity contribution is -0.137. The number of halogens is 5. The number of ether oxygens (including phenoxy) is 1. The topological polar surface area (TPSA) is 83.1 Å². The van der Waals surface area contributed by atoms with E-state index in [1.807, 2.05) is 16.8 Å². The van der Waals surface area contributed by atoms with Gasteiger partial charge in [-0.15, -0.1) is 0 Å². The molecule has 3 aromatic heterocycles. The number of methoxy groups -OCH3 is 1. The molecular weight excluding hydrogens is 569 g/mol. The standard InChI is InChI=1S/C30H32F5N7O/c1-41(16-29(17-43-2)6-3-7-29)24-13-22(18-10-19(30(33,34)35)12-21(32)11-18)38-28-26(24)39-27(40-28)23-14-37-25(15-36-23)42-8-4-20(31)5-9-42/h10-15,20H,3-9,16-17H2,1-2H3,(H,38,39,40). The molecule has 2 aliphatic rings. The summed E-state index contributed by atoms with van der Waals surface area (Å²) in [5.74, 6) is 0.00774. The van der Waals surface area contributed by atoms with E-state index in [2.05, 4.69) is 24.9 Å². The molecule has 0 amide bonds. The molecule has 4 aromatic rings. The lowest BCUT2D eigenvalue weighted by Crippen LogP contribution is -2.44. The summed E-state index contributed by atoms with van der Waals surface area (Å²) >= 11 is 0. The summed E-state index contributed by atoms with van der Waals surface area (Å²) in [5, 5.41) is 0. The van der Waals surface area contributed by atoms with Crippen LogP contribution in [0.25, 0.3) is 33.9 Å². The van der Waals surface area contributed by atoms with Crippen LogP contribution in [0.1, 0.15) is 37.7 Å². The van der Waals surface area contributed by atoms with Crippen molar-refractivity contribution in [2.45, 2.75) is 44.5 Å². The predicted octanol–water partition coefficient (Wildman–Crippen LogP) is 6.43. The number of nitrogens with one attached hydrogen (secondary N) is 1. The summed E-state index contributed by atoms with van der Waals surface area (Å²) in [7, 11) is 3.57. The number of fused-ring (bicyclic) bond motifs is 1. The largest absolute Gasteiger partial charge is 0.416 e. The molecule has 0 radical (unpaired) electrons. The molecule has 0 unspecified atom stereocenters. The van der Waals surface area contributed by atoms with Gasteiger partial charge in [0.15, 0.2) is 11.5 Å². The van der Waals surface area contributed by atoms with E-state index >= 15 is 0 Å². The second-order valence-corrected chi connectivity index (χ2v) is 11.6.